The van der Waals surface area contributed by atoms with Crippen molar-refractivity contribution >= 4 is 23.1 Å². The van der Waals surface area contributed by atoms with Crippen LogP contribution in [0.3, 0.4) is 0 Å². The number of fused-ring (bicyclic) bond motifs is 1. The van der Waals surface area contributed by atoms with Crippen LogP contribution in [0.15, 0.2) is 71.5 Å². The van der Waals surface area contributed by atoms with Crippen molar-refractivity contribution < 1.29 is 9.84 Å². The summed E-state index contributed by atoms with van der Waals surface area (Å²) in [5, 5.41) is 10.4. The van der Waals surface area contributed by atoms with Gasteiger partial charge in [-0.25, -0.2) is 4.98 Å². The summed E-state index contributed by atoms with van der Waals surface area (Å²) in [6.45, 7) is 1.97. The highest BCUT2D eigenvalue weighted by molar-refractivity contribution is 5.80. The molecule has 144 valence electrons. The van der Waals surface area contributed by atoms with E-state index in [0.29, 0.717) is 22.5 Å². The second-order valence-corrected chi connectivity index (χ2v) is 6.68. The van der Waals surface area contributed by atoms with Crippen molar-refractivity contribution in [3.63, 3.8) is 0 Å². The van der Waals surface area contributed by atoms with Gasteiger partial charge in [0.2, 0.25) is 0 Å². The van der Waals surface area contributed by atoms with Crippen molar-refractivity contribution in [3.8, 4) is 17.2 Å². The molecule has 5 heteroatoms. The number of phenols is 1. The lowest BCUT2D eigenvalue weighted by Gasteiger charge is -2.13. The number of aromatic hydroxyl groups is 1. The SMILES string of the molecule is COc1cc(C=Cc2nc3ccccc3c(=O)n2-c2ccccc2C)ccc1O. The Labute approximate surface area is 168 Å². The largest absolute Gasteiger partial charge is 0.504 e. The van der Waals surface area contributed by atoms with Crippen molar-refractivity contribution in [1.29, 1.82) is 0 Å². The molecule has 1 N–H and O–H groups in total. The van der Waals surface area contributed by atoms with Crippen LogP contribution in [0.5, 0.6) is 11.5 Å². The van der Waals surface area contributed by atoms with Gasteiger partial charge in [0.05, 0.1) is 23.7 Å². The zero-order valence-electron chi connectivity index (χ0n) is 16.2. The number of aromatic nitrogens is 2. The molecule has 4 rings (SSSR count). The average molecular weight is 384 g/mol. The third-order valence-electron chi connectivity index (χ3n) is 4.79. The Morgan fingerprint density at radius 1 is 1.00 bits per heavy atom. The van der Waals surface area contributed by atoms with E-state index in [0.717, 1.165) is 16.8 Å². The van der Waals surface area contributed by atoms with Gasteiger partial charge in [-0.15, -0.1) is 0 Å². The van der Waals surface area contributed by atoms with Crippen LogP contribution >= 0.6 is 0 Å². The highest BCUT2D eigenvalue weighted by atomic mass is 16.5. The molecule has 0 aliphatic heterocycles. The predicted octanol–water partition coefficient (Wildman–Crippen LogP) is 4.58. The maximum Gasteiger partial charge on any atom is 0.266 e. The summed E-state index contributed by atoms with van der Waals surface area (Å²) in [5.41, 5.74) is 3.11. The van der Waals surface area contributed by atoms with Crippen LogP contribution in [0.4, 0.5) is 0 Å². The van der Waals surface area contributed by atoms with E-state index < -0.39 is 0 Å². The molecule has 4 aromatic rings. The van der Waals surface area contributed by atoms with E-state index in [1.54, 1.807) is 34.9 Å². The van der Waals surface area contributed by atoms with Crippen molar-refractivity contribution in [2.45, 2.75) is 6.92 Å². The van der Waals surface area contributed by atoms with Crippen molar-refractivity contribution in [2.75, 3.05) is 7.11 Å². The lowest BCUT2D eigenvalue weighted by molar-refractivity contribution is 0.373. The first-order chi connectivity index (χ1) is 14.1. The summed E-state index contributed by atoms with van der Waals surface area (Å²) in [5.74, 6) is 0.982. The molecule has 1 heterocycles. The Morgan fingerprint density at radius 3 is 2.55 bits per heavy atom. The fourth-order valence-corrected chi connectivity index (χ4v) is 3.28. The summed E-state index contributed by atoms with van der Waals surface area (Å²) in [7, 11) is 1.50. The zero-order chi connectivity index (χ0) is 20.4. The molecule has 0 bridgehead atoms. The molecule has 3 aromatic carbocycles. The Hall–Kier alpha value is -3.86. The first kappa shape index (κ1) is 18.5. The quantitative estimate of drug-likeness (QED) is 0.559. The van der Waals surface area contributed by atoms with Gasteiger partial charge in [-0.3, -0.25) is 9.36 Å². The van der Waals surface area contributed by atoms with Crippen molar-refractivity contribution in [1.82, 2.24) is 9.55 Å². The van der Waals surface area contributed by atoms with Crippen molar-refractivity contribution in [3.05, 3.63) is 94.0 Å². The number of nitrogens with zero attached hydrogens (tertiary/aromatic N) is 2. The Kier molecular flexibility index (Phi) is 4.87. The van der Waals surface area contributed by atoms with Gasteiger partial charge in [0, 0.05) is 0 Å². The molecular formula is C24H20N2O3. The molecule has 0 unspecified atom stereocenters. The van der Waals surface area contributed by atoms with E-state index in [2.05, 4.69) is 0 Å². The molecule has 29 heavy (non-hydrogen) atoms. The fraction of sp³-hybridized carbons (Fsp3) is 0.0833. The van der Waals surface area contributed by atoms with E-state index in [1.807, 2.05) is 55.5 Å². The predicted molar refractivity (Wildman–Crippen MR) is 116 cm³/mol. The number of methoxy groups -OCH3 is 1. The number of benzene rings is 3. The Morgan fingerprint density at radius 2 is 1.76 bits per heavy atom. The van der Waals surface area contributed by atoms with Gasteiger partial charge in [-0.05, 0) is 54.5 Å². The minimum absolute atomic E-state index is 0.0744. The first-order valence-electron chi connectivity index (χ1n) is 9.21. The van der Waals surface area contributed by atoms with Gasteiger partial charge in [0.1, 0.15) is 5.82 Å². The number of para-hydroxylation sites is 2. The van der Waals surface area contributed by atoms with Crippen LogP contribution in [0, 0.1) is 6.92 Å². The molecule has 0 spiro atoms. The molecule has 0 aliphatic carbocycles. The normalized spacial score (nSPS) is 11.2. The Balaban J connectivity index is 1.92. The molecule has 0 atom stereocenters. The van der Waals surface area contributed by atoms with Gasteiger partial charge < -0.3 is 9.84 Å². The molecule has 0 aliphatic rings. The summed E-state index contributed by atoms with van der Waals surface area (Å²) >= 11 is 0. The van der Waals surface area contributed by atoms with Gasteiger partial charge in [0.25, 0.3) is 5.56 Å². The average Bonchev–Trinajstić information content (AvgIpc) is 2.74. The van der Waals surface area contributed by atoms with Gasteiger partial charge in [-0.2, -0.15) is 0 Å². The van der Waals surface area contributed by atoms with Gasteiger partial charge in [-0.1, -0.05) is 42.5 Å². The molecule has 1 aromatic heterocycles. The number of aryl methyl sites for hydroxylation is 1. The molecule has 0 radical (unpaired) electrons. The highest BCUT2D eigenvalue weighted by Gasteiger charge is 2.12. The van der Waals surface area contributed by atoms with Crippen LogP contribution in [-0.2, 0) is 0 Å². The molecular weight excluding hydrogens is 364 g/mol. The standard InChI is InChI=1S/C24H20N2O3/c1-16-7-3-6-10-20(16)26-23(25-19-9-5-4-8-18(19)24(26)28)14-12-17-11-13-21(27)22(15-17)29-2/h3-15,27H,1-2H3. The minimum atomic E-state index is -0.118. The van der Waals surface area contributed by atoms with Crippen LogP contribution < -0.4 is 10.3 Å². The number of rotatable bonds is 4. The van der Waals surface area contributed by atoms with E-state index in [9.17, 15) is 9.90 Å². The smallest absolute Gasteiger partial charge is 0.266 e. The maximum atomic E-state index is 13.3. The molecule has 0 saturated carbocycles. The number of phenolic OH excluding ortho intramolecular Hbond substituents is 1. The molecule has 0 fully saturated rings. The second kappa shape index (κ2) is 7.64. The second-order valence-electron chi connectivity index (χ2n) is 6.68. The van der Waals surface area contributed by atoms with Crippen LogP contribution in [-0.4, -0.2) is 21.8 Å². The Bertz CT molecular complexity index is 1290. The minimum Gasteiger partial charge on any atom is -0.504 e. The van der Waals surface area contributed by atoms with Crippen LogP contribution in [0.1, 0.15) is 17.0 Å². The highest BCUT2D eigenvalue weighted by Crippen LogP contribution is 2.27. The molecule has 0 amide bonds. The van der Waals surface area contributed by atoms with E-state index in [4.69, 9.17) is 9.72 Å². The van der Waals surface area contributed by atoms with Crippen LogP contribution in [0.25, 0.3) is 28.7 Å². The van der Waals surface area contributed by atoms with Gasteiger partial charge >= 0.3 is 0 Å². The first-order valence-corrected chi connectivity index (χ1v) is 9.21. The fourth-order valence-electron chi connectivity index (χ4n) is 3.28. The summed E-state index contributed by atoms with van der Waals surface area (Å²) in [4.78, 5) is 18.0. The summed E-state index contributed by atoms with van der Waals surface area (Å²) in [6.07, 6.45) is 3.64. The summed E-state index contributed by atoms with van der Waals surface area (Å²) < 4.78 is 6.80. The zero-order valence-corrected chi connectivity index (χ0v) is 16.2. The lowest BCUT2D eigenvalue weighted by atomic mass is 10.1. The monoisotopic (exact) mass is 384 g/mol. The van der Waals surface area contributed by atoms with E-state index >= 15 is 0 Å². The number of hydrogen-bond donors (Lipinski definition) is 1. The third-order valence-corrected chi connectivity index (χ3v) is 4.79. The van der Waals surface area contributed by atoms with E-state index in [-0.39, 0.29) is 11.3 Å². The number of ether oxygens (including phenoxy) is 1. The van der Waals surface area contributed by atoms with E-state index in [1.165, 1.54) is 7.11 Å². The van der Waals surface area contributed by atoms with Crippen molar-refractivity contribution in [2.24, 2.45) is 0 Å². The molecule has 5 nitrogen and oxygen atoms in total. The topological polar surface area (TPSA) is 64.3 Å². The molecule has 0 saturated heterocycles. The van der Waals surface area contributed by atoms with Gasteiger partial charge in [0.15, 0.2) is 11.5 Å². The maximum absolute atomic E-state index is 13.3. The summed E-state index contributed by atoms with van der Waals surface area (Å²) in [6, 6.07) is 20.1. The third kappa shape index (κ3) is 3.50. The van der Waals surface area contributed by atoms with Crippen LogP contribution in [0.2, 0.25) is 0 Å². The number of hydrogen-bond acceptors (Lipinski definition) is 4. The lowest BCUT2D eigenvalue weighted by Crippen LogP contribution is -2.23.